The highest BCUT2D eigenvalue weighted by atomic mass is 35.5. The Hall–Kier alpha value is -1.26. The minimum Gasteiger partial charge on any atom is -0.468 e. The van der Waals surface area contributed by atoms with Crippen LogP contribution in [0, 0.1) is 0 Å². The number of methoxy groups -OCH3 is 1. The zero-order valence-corrected chi connectivity index (χ0v) is 9.03. The minimum atomic E-state index is -0.641. The van der Waals surface area contributed by atoms with Gasteiger partial charge >= 0.3 is 5.97 Å². The molecule has 0 aromatic heterocycles. The first-order valence-electron chi connectivity index (χ1n) is 4.38. The van der Waals surface area contributed by atoms with E-state index in [9.17, 15) is 4.79 Å². The highest BCUT2D eigenvalue weighted by molar-refractivity contribution is 6.09. The van der Waals surface area contributed by atoms with Crippen LogP contribution in [0.5, 0.6) is 5.75 Å². The Labute approximate surface area is 93.1 Å². The standard InChI is InChI=1S/C10H12ClNO3/c1-14-10(13)9(12)6-7-2-4-8(15-11)5-3-7/h2-5,9H,6,12H2,1H3/t9-/m0/s1. The first-order valence-corrected chi connectivity index (χ1v) is 4.69. The van der Waals surface area contributed by atoms with Crippen molar-refractivity contribution in [3.63, 3.8) is 0 Å². The van der Waals surface area contributed by atoms with Crippen LogP contribution in [0.4, 0.5) is 0 Å². The Morgan fingerprint density at radius 2 is 2.07 bits per heavy atom. The highest BCUT2D eigenvalue weighted by Gasteiger charge is 2.13. The molecule has 0 aliphatic heterocycles. The number of nitrogens with two attached hydrogens (primary N) is 1. The molecule has 0 amide bonds. The molecular formula is C10H12ClNO3. The number of rotatable bonds is 4. The molecule has 82 valence electrons. The van der Waals surface area contributed by atoms with Crippen molar-refractivity contribution in [2.45, 2.75) is 12.5 Å². The van der Waals surface area contributed by atoms with E-state index in [2.05, 4.69) is 9.03 Å². The number of carbonyl (C=O) groups excluding carboxylic acids is 1. The van der Waals surface area contributed by atoms with Crippen molar-refractivity contribution >= 4 is 17.8 Å². The lowest BCUT2D eigenvalue weighted by molar-refractivity contribution is -0.142. The van der Waals surface area contributed by atoms with Crippen molar-refractivity contribution in [1.82, 2.24) is 0 Å². The van der Waals surface area contributed by atoms with Gasteiger partial charge in [-0.1, -0.05) is 12.1 Å². The van der Waals surface area contributed by atoms with E-state index in [0.717, 1.165) is 5.56 Å². The average Bonchev–Trinajstić information content (AvgIpc) is 2.29. The maximum Gasteiger partial charge on any atom is 0.322 e. The SMILES string of the molecule is COC(=O)[C@@H](N)Cc1ccc(OCl)cc1. The summed E-state index contributed by atoms with van der Waals surface area (Å²) in [6.45, 7) is 0. The molecule has 1 atom stereocenters. The van der Waals surface area contributed by atoms with Gasteiger partial charge in [-0.05, 0) is 24.1 Å². The molecule has 2 N–H and O–H groups in total. The topological polar surface area (TPSA) is 61.5 Å². The van der Waals surface area contributed by atoms with E-state index in [1.165, 1.54) is 7.11 Å². The summed E-state index contributed by atoms with van der Waals surface area (Å²) in [6.07, 6.45) is 0.426. The van der Waals surface area contributed by atoms with Gasteiger partial charge in [0.1, 0.15) is 23.7 Å². The van der Waals surface area contributed by atoms with Crippen molar-refractivity contribution in [2.75, 3.05) is 7.11 Å². The number of halogens is 1. The van der Waals surface area contributed by atoms with Crippen molar-refractivity contribution in [2.24, 2.45) is 5.73 Å². The Morgan fingerprint density at radius 3 is 2.53 bits per heavy atom. The third-order valence-corrected chi connectivity index (χ3v) is 2.15. The quantitative estimate of drug-likeness (QED) is 0.790. The highest BCUT2D eigenvalue weighted by Crippen LogP contribution is 2.14. The van der Waals surface area contributed by atoms with Gasteiger partial charge in [-0.15, -0.1) is 0 Å². The molecule has 0 fully saturated rings. The molecule has 0 unspecified atom stereocenters. The summed E-state index contributed by atoms with van der Waals surface area (Å²) in [7, 11) is 1.31. The Balaban J connectivity index is 2.60. The number of hydrogen-bond acceptors (Lipinski definition) is 4. The van der Waals surface area contributed by atoms with E-state index in [0.29, 0.717) is 12.2 Å². The molecular weight excluding hydrogens is 218 g/mol. The van der Waals surface area contributed by atoms with Crippen LogP contribution < -0.4 is 10.0 Å². The van der Waals surface area contributed by atoms with E-state index in [1.807, 2.05) is 0 Å². The largest absolute Gasteiger partial charge is 0.468 e. The molecule has 0 spiro atoms. The third-order valence-electron chi connectivity index (χ3n) is 1.97. The minimum absolute atomic E-state index is 0.423. The fourth-order valence-electron chi connectivity index (χ4n) is 1.17. The lowest BCUT2D eigenvalue weighted by Gasteiger charge is -2.08. The van der Waals surface area contributed by atoms with Gasteiger partial charge in [-0.25, -0.2) is 0 Å². The van der Waals surface area contributed by atoms with Gasteiger partial charge in [0.15, 0.2) is 0 Å². The van der Waals surface area contributed by atoms with E-state index in [4.69, 9.17) is 17.6 Å². The Morgan fingerprint density at radius 1 is 1.47 bits per heavy atom. The van der Waals surface area contributed by atoms with Crippen molar-refractivity contribution in [3.05, 3.63) is 29.8 Å². The molecule has 0 aliphatic carbocycles. The first kappa shape index (κ1) is 11.8. The van der Waals surface area contributed by atoms with Gasteiger partial charge in [0, 0.05) is 0 Å². The Kier molecular flexibility index (Phi) is 4.39. The maximum atomic E-state index is 11.0. The normalized spacial score (nSPS) is 11.9. The van der Waals surface area contributed by atoms with Crippen LogP contribution in [0.25, 0.3) is 0 Å². The van der Waals surface area contributed by atoms with Crippen LogP contribution in [0.1, 0.15) is 5.56 Å². The van der Waals surface area contributed by atoms with Crippen LogP contribution in [0.15, 0.2) is 24.3 Å². The summed E-state index contributed by atoms with van der Waals surface area (Å²) in [5.41, 5.74) is 6.52. The second-order valence-corrected chi connectivity index (χ2v) is 3.21. The molecule has 4 nitrogen and oxygen atoms in total. The predicted molar refractivity (Wildman–Crippen MR) is 56.6 cm³/mol. The fourth-order valence-corrected chi connectivity index (χ4v) is 1.27. The molecule has 5 heteroatoms. The number of hydrogen-bond donors (Lipinski definition) is 1. The number of carbonyl (C=O) groups is 1. The second kappa shape index (κ2) is 5.58. The van der Waals surface area contributed by atoms with Crippen LogP contribution in [0.2, 0.25) is 0 Å². The summed E-state index contributed by atoms with van der Waals surface area (Å²) in [4.78, 5) is 11.0. The van der Waals surface area contributed by atoms with Gasteiger partial charge in [-0.2, -0.15) is 0 Å². The molecule has 1 aromatic rings. The molecule has 1 rings (SSSR count). The lowest BCUT2D eigenvalue weighted by Crippen LogP contribution is -2.33. The van der Waals surface area contributed by atoms with E-state index in [-0.39, 0.29) is 0 Å². The fraction of sp³-hybridized carbons (Fsp3) is 0.300. The summed E-state index contributed by atoms with van der Waals surface area (Å²) in [5.74, 6) is 0.125. The zero-order valence-electron chi connectivity index (χ0n) is 8.27. The van der Waals surface area contributed by atoms with Crippen LogP contribution in [0.3, 0.4) is 0 Å². The summed E-state index contributed by atoms with van der Waals surface area (Å²) < 4.78 is 9.01. The van der Waals surface area contributed by atoms with E-state index < -0.39 is 12.0 Å². The van der Waals surface area contributed by atoms with Crippen molar-refractivity contribution in [3.8, 4) is 5.75 Å². The van der Waals surface area contributed by atoms with E-state index >= 15 is 0 Å². The lowest BCUT2D eigenvalue weighted by atomic mass is 10.1. The smallest absolute Gasteiger partial charge is 0.322 e. The summed E-state index contributed by atoms with van der Waals surface area (Å²) >= 11 is 5.16. The summed E-state index contributed by atoms with van der Waals surface area (Å²) in [5, 5.41) is 0. The number of benzene rings is 1. The molecule has 0 bridgehead atoms. The second-order valence-electron chi connectivity index (χ2n) is 3.05. The predicted octanol–water partition coefficient (Wildman–Crippen LogP) is 1.26. The molecule has 0 saturated heterocycles. The summed E-state index contributed by atoms with van der Waals surface area (Å²) in [6, 6.07) is 6.34. The van der Waals surface area contributed by atoms with Gasteiger partial charge in [0.2, 0.25) is 0 Å². The van der Waals surface area contributed by atoms with Crippen LogP contribution in [-0.4, -0.2) is 19.1 Å². The van der Waals surface area contributed by atoms with Crippen LogP contribution in [-0.2, 0) is 16.0 Å². The van der Waals surface area contributed by atoms with Gasteiger partial charge < -0.3 is 14.8 Å². The first-order chi connectivity index (χ1) is 7.17. The molecule has 0 saturated carbocycles. The molecule has 15 heavy (non-hydrogen) atoms. The third kappa shape index (κ3) is 3.42. The molecule has 0 aliphatic rings. The van der Waals surface area contributed by atoms with Gasteiger partial charge in [0.05, 0.1) is 7.11 Å². The average molecular weight is 230 g/mol. The van der Waals surface area contributed by atoms with E-state index in [1.54, 1.807) is 24.3 Å². The number of ether oxygens (including phenoxy) is 1. The van der Waals surface area contributed by atoms with Crippen LogP contribution >= 0.6 is 11.9 Å². The Bertz CT molecular complexity index is 326. The zero-order chi connectivity index (χ0) is 11.3. The van der Waals surface area contributed by atoms with Crippen molar-refractivity contribution in [1.29, 1.82) is 0 Å². The molecule has 0 heterocycles. The van der Waals surface area contributed by atoms with Crippen molar-refractivity contribution < 1.29 is 13.8 Å². The number of esters is 1. The van der Waals surface area contributed by atoms with Gasteiger partial charge in [-0.3, -0.25) is 4.79 Å². The van der Waals surface area contributed by atoms with Gasteiger partial charge in [0.25, 0.3) is 0 Å². The molecule has 0 radical (unpaired) electrons. The monoisotopic (exact) mass is 229 g/mol. The maximum absolute atomic E-state index is 11.0. The molecule has 1 aromatic carbocycles.